The molecule has 2 rings (SSSR count). The Bertz CT molecular complexity index is 401. The first-order valence-corrected chi connectivity index (χ1v) is 7.68. The standard InChI is InChI=1S/C15H24N2S/c1-15(2,3)14-17-11-13(18-14)10-16-9-12-7-5-4-6-8-12/h4-5,11-12,16H,6-10H2,1-3H3. The van der Waals surface area contributed by atoms with Gasteiger partial charge in [0.05, 0.1) is 5.01 Å². The molecule has 2 nitrogen and oxygen atoms in total. The first kappa shape index (κ1) is 13.8. The van der Waals surface area contributed by atoms with Crippen LogP contribution in [-0.2, 0) is 12.0 Å². The lowest BCUT2D eigenvalue weighted by Crippen LogP contribution is -2.22. The molecule has 0 spiro atoms. The SMILES string of the molecule is CC(C)(C)c1ncc(CNCC2CC=CCC2)s1. The number of thiazole rings is 1. The molecule has 0 aromatic carbocycles. The van der Waals surface area contributed by atoms with Gasteiger partial charge in [-0.05, 0) is 31.7 Å². The summed E-state index contributed by atoms with van der Waals surface area (Å²) in [5, 5.41) is 4.81. The molecule has 100 valence electrons. The first-order chi connectivity index (χ1) is 8.55. The summed E-state index contributed by atoms with van der Waals surface area (Å²) in [5.41, 5.74) is 0.178. The molecule has 0 aliphatic heterocycles. The van der Waals surface area contributed by atoms with E-state index in [2.05, 4.69) is 43.2 Å². The topological polar surface area (TPSA) is 24.9 Å². The molecule has 0 fully saturated rings. The van der Waals surface area contributed by atoms with Crippen LogP contribution in [0.2, 0.25) is 0 Å². The second-order valence-corrected chi connectivity index (χ2v) is 7.28. The zero-order valence-corrected chi connectivity index (χ0v) is 12.5. The highest BCUT2D eigenvalue weighted by atomic mass is 32.1. The van der Waals surface area contributed by atoms with Crippen molar-refractivity contribution in [2.45, 2.75) is 52.0 Å². The number of rotatable bonds is 4. The van der Waals surface area contributed by atoms with Gasteiger partial charge in [0.1, 0.15) is 0 Å². The second kappa shape index (κ2) is 5.98. The maximum absolute atomic E-state index is 4.52. The Morgan fingerprint density at radius 2 is 2.22 bits per heavy atom. The predicted octanol–water partition coefficient (Wildman–Crippen LogP) is 3.89. The van der Waals surface area contributed by atoms with Gasteiger partial charge in [-0.3, -0.25) is 0 Å². The maximum Gasteiger partial charge on any atom is 0.0981 e. The van der Waals surface area contributed by atoms with Crippen molar-refractivity contribution >= 4 is 11.3 Å². The van der Waals surface area contributed by atoms with Crippen LogP contribution in [0, 0.1) is 5.92 Å². The van der Waals surface area contributed by atoms with E-state index in [1.807, 2.05) is 17.5 Å². The Morgan fingerprint density at radius 1 is 1.39 bits per heavy atom. The molecule has 1 N–H and O–H groups in total. The molecule has 18 heavy (non-hydrogen) atoms. The number of nitrogens with one attached hydrogen (secondary N) is 1. The molecule has 1 aliphatic rings. The van der Waals surface area contributed by atoms with Gasteiger partial charge in [0.15, 0.2) is 0 Å². The van der Waals surface area contributed by atoms with Gasteiger partial charge < -0.3 is 5.32 Å². The van der Waals surface area contributed by atoms with Crippen LogP contribution in [0.15, 0.2) is 18.3 Å². The summed E-state index contributed by atoms with van der Waals surface area (Å²) in [6, 6.07) is 0. The summed E-state index contributed by atoms with van der Waals surface area (Å²) in [5.74, 6) is 0.824. The van der Waals surface area contributed by atoms with E-state index in [0.29, 0.717) is 0 Å². The van der Waals surface area contributed by atoms with E-state index in [9.17, 15) is 0 Å². The largest absolute Gasteiger partial charge is 0.312 e. The normalized spacial score (nSPS) is 20.3. The lowest BCUT2D eigenvalue weighted by atomic mass is 9.94. The highest BCUT2D eigenvalue weighted by molar-refractivity contribution is 7.11. The highest BCUT2D eigenvalue weighted by Crippen LogP contribution is 2.26. The lowest BCUT2D eigenvalue weighted by Gasteiger charge is -2.17. The van der Waals surface area contributed by atoms with Crippen molar-refractivity contribution in [3.8, 4) is 0 Å². The molecule has 0 bridgehead atoms. The minimum Gasteiger partial charge on any atom is -0.312 e. The summed E-state index contributed by atoms with van der Waals surface area (Å²) in [6.45, 7) is 8.76. The summed E-state index contributed by atoms with van der Waals surface area (Å²) in [6.07, 6.45) is 10.5. The van der Waals surface area contributed by atoms with Crippen LogP contribution >= 0.6 is 11.3 Å². The van der Waals surface area contributed by atoms with Crippen LogP contribution in [-0.4, -0.2) is 11.5 Å². The number of allylic oxidation sites excluding steroid dienone is 2. The van der Waals surface area contributed by atoms with Crippen molar-refractivity contribution < 1.29 is 0 Å². The maximum atomic E-state index is 4.52. The van der Waals surface area contributed by atoms with Gasteiger partial charge in [0.2, 0.25) is 0 Å². The molecule has 1 heterocycles. The van der Waals surface area contributed by atoms with Crippen molar-refractivity contribution in [1.82, 2.24) is 10.3 Å². The van der Waals surface area contributed by atoms with E-state index >= 15 is 0 Å². The fraction of sp³-hybridized carbons (Fsp3) is 0.667. The number of nitrogens with zero attached hydrogens (tertiary/aromatic N) is 1. The Balaban J connectivity index is 1.76. The predicted molar refractivity (Wildman–Crippen MR) is 79.0 cm³/mol. The highest BCUT2D eigenvalue weighted by Gasteiger charge is 2.18. The van der Waals surface area contributed by atoms with E-state index in [-0.39, 0.29) is 5.41 Å². The first-order valence-electron chi connectivity index (χ1n) is 6.86. The Hall–Kier alpha value is -0.670. The molecule has 3 heteroatoms. The number of hydrogen-bond donors (Lipinski definition) is 1. The molecule has 0 radical (unpaired) electrons. The fourth-order valence-electron chi connectivity index (χ4n) is 2.18. The summed E-state index contributed by atoms with van der Waals surface area (Å²) in [4.78, 5) is 5.87. The molecular weight excluding hydrogens is 240 g/mol. The Labute approximate surface area is 115 Å². The Morgan fingerprint density at radius 3 is 2.83 bits per heavy atom. The monoisotopic (exact) mass is 264 g/mol. The molecule has 1 atom stereocenters. The van der Waals surface area contributed by atoms with Crippen LogP contribution < -0.4 is 5.32 Å². The molecule has 0 saturated heterocycles. The van der Waals surface area contributed by atoms with E-state index in [0.717, 1.165) is 19.0 Å². The smallest absolute Gasteiger partial charge is 0.0981 e. The van der Waals surface area contributed by atoms with E-state index in [1.165, 1.54) is 29.1 Å². The quantitative estimate of drug-likeness (QED) is 0.835. The van der Waals surface area contributed by atoms with Gasteiger partial charge in [-0.15, -0.1) is 11.3 Å². The fourth-order valence-corrected chi connectivity index (χ4v) is 3.12. The number of aromatic nitrogens is 1. The molecule has 1 aliphatic carbocycles. The molecule has 1 aromatic rings. The second-order valence-electron chi connectivity index (χ2n) is 6.16. The van der Waals surface area contributed by atoms with Crippen molar-refractivity contribution in [2.75, 3.05) is 6.54 Å². The van der Waals surface area contributed by atoms with Gasteiger partial charge >= 0.3 is 0 Å². The average molecular weight is 264 g/mol. The molecule has 1 aromatic heterocycles. The van der Waals surface area contributed by atoms with E-state index in [1.54, 1.807) is 0 Å². The summed E-state index contributed by atoms with van der Waals surface area (Å²) < 4.78 is 0. The van der Waals surface area contributed by atoms with Gasteiger partial charge in [-0.25, -0.2) is 4.98 Å². The average Bonchev–Trinajstić information content (AvgIpc) is 2.79. The van der Waals surface area contributed by atoms with Crippen molar-refractivity contribution in [2.24, 2.45) is 5.92 Å². The van der Waals surface area contributed by atoms with Gasteiger partial charge in [-0.1, -0.05) is 32.9 Å². The zero-order valence-electron chi connectivity index (χ0n) is 11.7. The van der Waals surface area contributed by atoms with Crippen LogP contribution in [0.1, 0.15) is 49.9 Å². The van der Waals surface area contributed by atoms with E-state index in [4.69, 9.17) is 0 Å². The van der Waals surface area contributed by atoms with Crippen molar-refractivity contribution in [1.29, 1.82) is 0 Å². The third-order valence-electron chi connectivity index (χ3n) is 3.31. The van der Waals surface area contributed by atoms with E-state index < -0.39 is 0 Å². The summed E-state index contributed by atoms with van der Waals surface area (Å²) >= 11 is 1.84. The third kappa shape index (κ3) is 3.92. The van der Waals surface area contributed by atoms with Gasteiger partial charge in [-0.2, -0.15) is 0 Å². The summed E-state index contributed by atoms with van der Waals surface area (Å²) in [7, 11) is 0. The van der Waals surface area contributed by atoms with Gasteiger partial charge in [0.25, 0.3) is 0 Å². The number of hydrogen-bond acceptors (Lipinski definition) is 3. The van der Waals surface area contributed by atoms with Gasteiger partial charge in [0, 0.05) is 23.0 Å². The Kier molecular flexibility index (Phi) is 4.57. The molecule has 0 saturated carbocycles. The molecule has 1 unspecified atom stereocenters. The minimum atomic E-state index is 0.178. The third-order valence-corrected chi connectivity index (χ3v) is 4.73. The van der Waals surface area contributed by atoms with Crippen LogP contribution in [0.4, 0.5) is 0 Å². The lowest BCUT2D eigenvalue weighted by molar-refractivity contribution is 0.441. The van der Waals surface area contributed by atoms with Crippen LogP contribution in [0.25, 0.3) is 0 Å². The minimum absolute atomic E-state index is 0.178. The van der Waals surface area contributed by atoms with Crippen molar-refractivity contribution in [3.05, 3.63) is 28.2 Å². The molecule has 0 amide bonds. The van der Waals surface area contributed by atoms with Crippen molar-refractivity contribution in [3.63, 3.8) is 0 Å². The van der Waals surface area contributed by atoms with Crippen LogP contribution in [0.5, 0.6) is 0 Å². The van der Waals surface area contributed by atoms with Crippen LogP contribution in [0.3, 0.4) is 0 Å². The zero-order chi connectivity index (χ0) is 13.0. The molecular formula is C15H24N2S.